The Labute approximate surface area is 186 Å². The van der Waals surface area contributed by atoms with Gasteiger partial charge in [0, 0.05) is 17.1 Å². The minimum absolute atomic E-state index is 0.630. The van der Waals surface area contributed by atoms with Gasteiger partial charge in [0.2, 0.25) is 0 Å². The van der Waals surface area contributed by atoms with Gasteiger partial charge in [0.15, 0.2) is 0 Å². The summed E-state index contributed by atoms with van der Waals surface area (Å²) in [6, 6.07) is 20.9. The van der Waals surface area contributed by atoms with Crippen LogP contribution in [0.4, 0.5) is 0 Å². The molecule has 1 nitrogen and oxygen atoms in total. The van der Waals surface area contributed by atoms with Crippen LogP contribution in [-0.4, -0.2) is 4.98 Å². The molecule has 0 fully saturated rings. The van der Waals surface area contributed by atoms with Crippen LogP contribution in [0.1, 0.15) is 44.4 Å². The maximum atomic E-state index is 4.93. The molecule has 0 radical (unpaired) electrons. The summed E-state index contributed by atoms with van der Waals surface area (Å²) >= 11 is 0. The number of aromatic nitrogens is 1. The first kappa shape index (κ1) is 20.0. The summed E-state index contributed by atoms with van der Waals surface area (Å²) in [5, 5.41) is 2.58. The average Bonchev–Trinajstić information content (AvgIpc) is 2.82. The summed E-state index contributed by atoms with van der Waals surface area (Å²) in [6.45, 7) is 11.4. The second-order valence-electron chi connectivity index (χ2n) is 10.0. The molecule has 0 unspecified atom stereocenters. The van der Waals surface area contributed by atoms with Crippen LogP contribution in [0.15, 0.2) is 60.8 Å². The highest BCUT2D eigenvalue weighted by Gasteiger charge is 2.23. The number of rotatable bonds is 4. The highest BCUT2D eigenvalue weighted by atomic mass is 14.7. The van der Waals surface area contributed by atoms with E-state index in [1.54, 1.807) is 0 Å². The summed E-state index contributed by atoms with van der Waals surface area (Å²) in [4.78, 5) is 4.93. The van der Waals surface area contributed by atoms with Crippen molar-refractivity contribution in [1.82, 2.24) is 4.98 Å². The van der Waals surface area contributed by atoms with Gasteiger partial charge in [-0.15, -0.1) is 0 Å². The van der Waals surface area contributed by atoms with Crippen molar-refractivity contribution >= 4 is 10.8 Å². The maximum absolute atomic E-state index is 4.93. The van der Waals surface area contributed by atoms with Gasteiger partial charge in [0.1, 0.15) is 0 Å². The fourth-order valence-electron chi connectivity index (χ4n) is 5.12. The van der Waals surface area contributed by atoms with Crippen molar-refractivity contribution in [2.75, 3.05) is 0 Å². The summed E-state index contributed by atoms with van der Waals surface area (Å²) in [6.07, 6.45) is 4.17. The van der Waals surface area contributed by atoms with Crippen LogP contribution in [0, 0.1) is 18.8 Å². The molecule has 0 N–H and O–H groups in total. The summed E-state index contributed by atoms with van der Waals surface area (Å²) in [7, 11) is 0. The van der Waals surface area contributed by atoms with Gasteiger partial charge in [-0.2, -0.15) is 0 Å². The Hall–Kier alpha value is -2.93. The van der Waals surface area contributed by atoms with Crippen LogP contribution in [0.25, 0.3) is 44.3 Å². The van der Waals surface area contributed by atoms with Gasteiger partial charge >= 0.3 is 0 Å². The third-order valence-electron chi connectivity index (χ3n) is 6.31. The fraction of sp³-hybridized carbons (Fsp3) is 0.300. The molecular formula is C30H31N. The van der Waals surface area contributed by atoms with E-state index in [-0.39, 0.29) is 0 Å². The second-order valence-corrected chi connectivity index (χ2v) is 10.0. The van der Waals surface area contributed by atoms with Crippen molar-refractivity contribution in [3.63, 3.8) is 0 Å². The van der Waals surface area contributed by atoms with E-state index in [0.717, 1.165) is 18.5 Å². The molecule has 156 valence electrons. The van der Waals surface area contributed by atoms with E-state index < -0.39 is 0 Å². The SMILES string of the molecule is Cc1ccc2c(c1)-c1cc(CC(C)C)ccc1-c1nccc3cc(CC(C)C)cc-2c13. The number of pyridine rings is 1. The first-order valence-electron chi connectivity index (χ1n) is 11.6. The Morgan fingerprint density at radius 2 is 1.32 bits per heavy atom. The molecule has 1 heteroatoms. The molecule has 0 bridgehead atoms. The van der Waals surface area contributed by atoms with Crippen molar-refractivity contribution in [3.8, 4) is 33.5 Å². The third kappa shape index (κ3) is 3.57. The minimum Gasteiger partial charge on any atom is -0.256 e. The van der Waals surface area contributed by atoms with E-state index in [1.807, 2.05) is 6.20 Å². The molecule has 3 aromatic carbocycles. The van der Waals surface area contributed by atoms with Gasteiger partial charge < -0.3 is 0 Å². The first-order chi connectivity index (χ1) is 14.9. The molecular weight excluding hydrogens is 374 g/mol. The standard InChI is InChI=1S/C30H31N/c1-18(2)12-21-7-9-25-27(16-21)26-14-20(5)6-8-24(26)28-17-22(13-19(3)4)15-23-10-11-31-30(25)29(23)28/h6-11,14-19H,12-13H2,1-5H3. The number of nitrogens with zero attached hydrogens (tertiary/aromatic N) is 1. The molecule has 0 saturated carbocycles. The van der Waals surface area contributed by atoms with E-state index in [1.165, 1.54) is 55.3 Å². The molecule has 1 aliphatic carbocycles. The Morgan fingerprint density at radius 3 is 2.10 bits per heavy atom. The molecule has 1 aliphatic rings. The predicted molar refractivity (Wildman–Crippen MR) is 133 cm³/mol. The molecule has 0 amide bonds. The Balaban J connectivity index is 1.88. The Morgan fingerprint density at radius 1 is 0.645 bits per heavy atom. The lowest BCUT2D eigenvalue weighted by Crippen LogP contribution is -1.96. The number of aryl methyl sites for hydroxylation is 1. The predicted octanol–water partition coefficient (Wildman–Crippen LogP) is 8.25. The van der Waals surface area contributed by atoms with Crippen LogP contribution in [-0.2, 0) is 12.8 Å². The highest BCUT2D eigenvalue weighted by Crippen LogP contribution is 2.47. The minimum atomic E-state index is 0.630. The van der Waals surface area contributed by atoms with Crippen molar-refractivity contribution in [2.45, 2.75) is 47.5 Å². The van der Waals surface area contributed by atoms with Crippen molar-refractivity contribution in [1.29, 1.82) is 0 Å². The second kappa shape index (κ2) is 7.64. The van der Waals surface area contributed by atoms with Crippen LogP contribution in [0.3, 0.4) is 0 Å². The van der Waals surface area contributed by atoms with Crippen LogP contribution >= 0.6 is 0 Å². The molecule has 0 saturated heterocycles. The highest BCUT2D eigenvalue weighted by molar-refractivity contribution is 6.12. The summed E-state index contributed by atoms with van der Waals surface area (Å²) in [5.74, 6) is 1.27. The monoisotopic (exact) mass is 405 g/mol. The van der Waals surface area contributed by atoms with E-state index in [9.17, 15) is 0 Å². The summed E-state index contributed by atoms with van der Waals surface area (Å²) in [5.41, 5.74) is 11.8. The largest absolute Gasteiger partial charge is 0.256 e. The Kier molecular flexibility index (Phi) is 4.93. The molecule has 0 spiro atoms. The topological polar surface area (TPSA) is 12.9 Å². The summed E-state index contributed by atoms with van der Waals surface area (Å²) < 4.78 is 0. The molecule has 1 heterocycles. The van der Waals surface area contributed by atoms with E-state index in [2.05, 4.69) is 89.2 Å². The zero-order valence-electron chi connectivity index (χ0n) is 19.3. The lowest BCUT2D eigenvalue weighted by molar-refractivity contribution is 0.647. The average molecular weight is 406 g/mol. The van der Waals surface area contributed by atoms with Gasteiger partial charge in [-0.1, -0.05) is 81.8 Å². The maximum Gasteiger partial charge on any atom is 0.0792 e. The molecule has 31 heavy (non-hydrogen) atoms. The fourth-order valence-corrected chi connectivity index (χ4v) is 5.12. The van der Waals surface area contributed by atoms with E-state index >= 15 is 0 Å². The van der Waals surface area contributed by atoms with E-state index in [4.69, 9.17) is 4.98 Å². The van der Waals surface area contributed by atoms with Crippen LogP contribution in [0.2, 0.25) is 0 Å². The lowest BCUT2D eigenvalue weighted by atomic mass is 9.89. The molecule has 0 aliphatic heterocycles. The molecule has 1 aromatic heterocycles. The Bertz CT molecular complexity index is 1290. The first-order valence-corrected chi connectivity index (χ1v) is 11.6. The van der Waals surface area contributed by atoms with Crippen molar-refractivity contribution < 1.29 is 0 Å². The van der Waals surface area contributed by atoms with E-state index in [0.29, 0.717) is 11.8 Å². The molecule has 5 rings (SSSR count). The van der Waals surface area contributed by atoms with Gasteiger partial charge in [-0.3, -0.25) is 4.98 Å². The number of hydrogen-bond donors (Lipinski definition) is 0. The van der Waals surface area contributed by atoms with Crippen molar-refractivity contribution in [3.05, 3.63) is 77.5 Å². The zero-order chi connectivity index (χ0) is 21.7. The van der Waals surface area contributed by atoms with Gasteiger partial charge in [-0.25, -0.2) is 0 Å². The normalized spacial score (nSPS) is 12.2. The third-order valence-corrected chi connectivity index (χ3v) is 6.31. The van der Waals surface area contributed by atoms with Gasteiger partial charge in [0.05, 0.1) is 5.69 Å². The van der Waals surface area contributed by atoms with Crippen LogP contribution < -0.4 is 0 Å². The van der Waals surface area contributed by atoms with Gasteiger partial charge in [-0.05, 0) is 76.4 Å². The van der Waals surface area contributed by atoms with Crippen LogP contribution in [0.5, 0.6) is 0 Å². The van der Waals surface area contributed by atoms with Crippen molar-refractivity contribution in [2.24, 2.45) is 11.8 Å². The number of fused-ring (bicyclic) bond motifs is 5. The lowest BCUT2D eigenvalue weighted by Gasteiger charge is -2.15. The number of hydrogen-bond acceptors (Lipinski definition) is 1. The molecule has 0 atom stereocenters. The molecule has 4 aromatic rings. The smallest absolute Gasteiger partial charge is 0.0792 e. The van der Waals surface area contributed by atoms with Gasteiger partial charge in [0.25, 0.3) is 0 Å². The quantitative estimate of drug-likeness (QED) is 0.293. The zero-order valence-corrected chi connectivity index (χ0v) is 19.3. The number of benzene rings is 3.